The van der Waals surface area contributed by atoms with Crippen molar-refractivity contribution in [1.82, 2.24) is 15.0 Å². The van der Waals surface area contributed by atoms with Crippen LogP contribution in [0.3, 0.4) is 0 Å². The molecule has 0 aliphatic heterocycles. The van der Waals surface area contributed by atoms with Gasteiger partial charge in [-0.3, -0.25) is 4.90 Å². The first-order chi connectivity index (χ1) is 29.2. The maximum absolute atomic E-state index is 5.47. The van der Waals surface area contributed by atoms with Gasteiger partial charge in [-0.15, -0.1) is 45.3 Å². The molecule has 0 N–H and O–H groups in total. The van der Waals surface area contributed by atoms with E-state index in [0.717, 1.165) is 22.5 Å². The number of anilines is 3. The van der Waals surface area contributed by atoms with Gasteiger partial charge in [0.1, 0.15) is 0 Å². The molecule has 0 aliphatic rings. The zero-order valence-electron chi connectivity index (χ0n) is 31.1. The van der Waals surface area contributed by atoms with Crippen molar-refractivity contribution in [3.63, 3.8) is 0 Å². The van der Waals surface area contributed by atoms with Gasteiger partial charge in [-0.25, -0.2) is 4.98 Å². The van der Waals surface area contributed by atoms with Crippen LogP contribution in [0.4, 0.5) is 17.3 Å². The van der Waals surface area contributed by atoms with Gasteiger partial charge in [0.15, 0.2) is 11.6 Å². The Hall–Kier alpha value is -6.55. The average molecular weight is 825 g/mol. The molecule has 0 atom stereocenters. The van der Waals surface area contributed by atoms with Gasteiger partial charge in [-0.05, 0) is 91.0 Å². The molecular weight excluding hydrogens is 797 g/mol. The first-order valence-corrected chi connectivity index (χ1v) is 22.7. The fourth-order valence-electron chi connectivity index (χ4n) is 8.61. The number of fused-ring (bicyclic) bond motifs is 12. The van der Waals surface area contributed by atoms with Crippen LogP contribution in [-0.2, 0) is 0 Å². The highest BCUT2D eigenvalue weighted by molar-refractivity contribution is 7.27. The Kier molecular flexibility index (Phi) is 7.35. The summed E-state index contributed by atoms with van der Waals surface area (Å²) in [6.07, 6.45) is 0. The normalized spacial score (nSPS) is 12.1. The summed E-state index contributed by atoms with van der Waals surface area (Å²) in [6.45, 7) is 0. The Morgan fingerprint density at radius 1 is 0.322 bits per heavy atom. The van der Waals surface area contributed by atoms with Crippen molar-refractivity contribution in [2.45, 2.75) is 0 Å². The molecule has 0 aliphatic carbocycles. The Bertz CT molecular complexity index is 3700. The van der Waals surface area contributed by atoms with Gasteiger partial charge in [0.2, 0.25) is 5.95 Å². The first-order valence-electron chi connectivity index (χ1n) is 19.4. The van der Waals surface area contributed by atoms with Crippen LogP contribution in [-0.4, -0.2) is 15.0 Å². The van der Waals surface area contributed by atoms with Crippen LogP contribution in [0.1, 0.15) is 0 Å². The SMILES string of the molecule is c1ccc2c(c1)sc1ccc(-c3nc(-c4ccc5sc6ccccc6c5c4)nc(N(c4ccc5sc6ccccc6c5c4)c4cccc5sc6ccccc6c45)n3)cc12. The lowest BCUT2D eigenvalue weighted by Crippen LogP contribution is -2.15. The summed E-state index contributed by atoms with van der Waals surface area (Å²) in [7, 11) is 0. The van der Waals surface area contributed by atoms with Crippen molar-refractivity contribution in [3.8, 4) is 22.8 Å². The molecule has 13 rings (SSSR count). The molecule has 0 unspecified atom stereocenters. The van der Waals surface area contributed by atoms with E-state index in [-0.39, 0.29) is 0 Å². The molecule has 8 aromatic carbocycles. The number of aromatic nitrogens is 3. The molecule has 0 amide bonds. The second-order valence-corrected chi connectivity index (χ2v) is 19.1. The molecule has 0 saturated carbocycles. The number of hydrogen-bond acceptors (Lipinski definition) is 8. The largest absolute Gasteiger partial charge is 0.278 e. The van der Waals surface area contributed by atoms with E-state index < -0.39 is 0 Å². The smallest absolute Gasteiger partial charge is 0.238 e. The van der Waals surface area contributed by atoms with Crippen LogP contribution in [0, 0.1) is 0 Å². The highest BCUT2D eigenvalue weighted by Gasteiger charge is 2.24. The van der Waals surface area contributed by atoms with E-state index in [1.807, 2.05) is 45.3 Å². The van der Waals surface area contributed by atoms with E-state index in [4.69, 9.17) is 15.0 Å². The molecule has 8 heteroatoms. The van der Waals surface area contributed by atoms with E-state index in [1.54, 1.807) is 0 Å². The van der Waals surface area contributed by atoms with Gasteiger partial charge >= 0.3 is 0 Å². The second-order valence-electron chi connectivity index (χ2n) is 14.8. The summed E-state index contributed by atoms with van der Waals surface area (Å²) in [4.78, 5) is 18.5. The van der Waals surface area contributed by atoms with Crippen molar-refractivity contribution in [3.05, 3.63) is 170 Å². The predicted octanol–water partition coefficient (Wildman–Crippen LogP) is 16.1. The van der Waals surface area contributed by atoms with E-state index in [1.165, 1.54) is 80.7 Å². The van der Waals surface area contributed by atoms with Crippen molar-refractivity contribution in [1.29, 1.82) is 0 Å². The third-order valence-corrected chi connectivity index (χ3v) is 15.9. The zero-order valence-corrected chi connectivity index (χ0v) is 34.4. The lowest BCUT2D eigenvalue weighted by atomic mass is 10.1. The second kappa shape index (κ2) is 13.0. The third-order valence-electron chi connectivity index (χ3n) is 11.3. The molecule has 0 spiro atoms. The molecule has 0 fully saturated rings. The van der Waals surface area contributed by atoms with Crippen LogP contribution in [0.25, 0.3) is 103 Å². The zero-order chi connectivity index (χ0) is 38.6. The Morgan fingerprint density at radius 3 is 1.31 bits per heavy atom. The minimum absolute atomic E-state index is 0.567. The lowest BCUT2D eigenvalue weighted by Gasteiger charge is -2.25. The van der Waals surface area contributed by atoms with Crippen molar-refractivity contribution in [2.75, 3.05) is 4.90 Å². The van der Waals surface area contributed by atoms with E-state index >= 15 is 0 Å². The number of rotatable bonds is 5. The minimum atomic E-state index is 0.567. The van der Waals surface area contributed by atoms with E-state index in [9.17, 15) is 0 Å². The molecular formula is C51H28N4S4. The van der Waals surface area contributed by atoms with Crippen molar-refractivity contribution < 1.29 is 0 Å². The highest BCUT2D eigenvalue weighted by Crippen LogP contribution is 2.47. The Balaban J connectivity index is 1.11. The fourth-order valence-corrected chi connectivity index (χ4v) is 13.0. The maximum atomic E-state index is 5.47. The van der Waals surface area contributed by atoms with Gasteiger partial charge < -0.3 is 0 Å². The van der Waals surface area contributed by atoms with Crippen molar-refractivity contribution >= 4 is 143 Å². The monoisotopic (exact) mass is 824 g/mol. The Morgan fingerprint density at radius 2 is 0.746 bits per heavy atom. The highest BCUT2D eigenvalue weighted by atomic mass is 32.1. The van der Waals surface area contributed by atoms with Crippen LogP contribution >= 0.6 is 45.3 Å². The van der Waals surface area contributed by atoms with Crippen LogP contribution in [0.5, 0.6) is 0 Å². The van der Waals surface area contributed by atoms with Gasteiger partial charge in [0, 0.05) is 97.5 Å². The molecule has 13 aromatic rings. The van der Waals surface area contributed by atoms with Gasteiger partial charge in [0.05, 0.1) is 5.69 Å². The molecule has 5 aromatic heterocycles. The van der Waals surface area contributed by atoms with E-state index in [0.29, 0.717) is 17.6 Å². The summed E-state index contributed by atoms with van der Waals surface area (Å²) >= 11 is 7.28. The molecule has 59 heavy (non-hydrogen) atoms. The topological polar surface area (TPSA) is 41.9 Å². The summed E-state index contributed by atoms with van der Waals surface area (Å²) < 4.78 is 10.0. The van der Waals surface area contributed by atoms with Gasteiger partial charge in [-0.1, -0.05) is 78.9 Å². The van der Waals surface area contributed by atoms with Crippen LogP contribution < -0.4 is 4.90 Å². The number of hydrogen-bond donors (Lipinski definition) is 0. The number of benzene rings is 8. The summed E-state index contributed by atoms with van der Waals surface area (Å²) in [5.74, 6) is 1.83. The summed E-state index contributed by atoms with van der Waals surface area (Å²) in [6, 6.07) is 61.3. The van der Waals surface area contributed by atoms with Gasteiger partial charge in [-0.2, -0.15) is 9.97 Å². The molecule has 0 radical (unpaired) electrons. The summed E-state index contributed by atoms with van der Waals surface area (Å²) in [5, 5.41) is 9.77. The third kappa shape index (κ3) is 5.27. The van der Waals surface area contributed by atoms with E-state index in [2.05, 4.69) is 175 Å². The van der Waals surface area contributed by atoms with Crippen LogP contribution in [0.2, 0.25) is 0 Å². The molecule has 0 saturated heterocycles. The number of nitrogens with zero attached hydrogens (tertiary/aromatic N) is 4. The minimum Gasteiger partial charge on any atom is -0.278 e. The first kappa shape index (κ1) is 33.4. The average Bonchev–Trinajstić information content (AvgIpc) is 4.06. The van der Waals surface area contributed by atoms with Gasteiger partial charge in [0.25, 0.3) is 0 Å². The summed E-state index contributed by atoms with van der Waals surface area (Å²) in [5.41, 5.74) is 3.92. The predicted molar refractivity (Wildman–Crippen MR) is 257 cm³/mol. The van der Waals surface area contributed by atoms with Crippen molar-refractivity contribution in [2.24, 2.45) is 0 Å². The van der Waals surface area contributed by atoms with Crippen LogP contribution in [0.15, 0.2) is 170 Å². The molecule has 0 bridgehead atoms. The Labute approximate surface area is 353 Å². The fraction of sp³-hybridized carbons (Fsp3) is 0. The lowest BCUT2D eigenvalue weighted by molar-refractivity contribution is 1.03. The standard InChI is InChI=1S/C51H28N4S4/c1-5-15-40-32(10-1)36-26-29(20-23-44(36)56-40)49-52-50(30-21-24-45-37(27-30)33-11-2-6-16-41(33)57-45)54-51(53-49)55(31-22-25-46-38(28-31)34-12-3-7-17-42(34)58-46)39-14-9-19-47-48(39)35-13-4-8-18-43(35)59-47/h1-28H. The molecule has 276 valence electrons. The molecule has 4 nitrogen and oxygen atoms in total. The maximum Gasteiger partial charge on any atom is 0.238 e. The molecule has 5 heterocycles. The number of thiophene rings is 4. The quantitative estimate of drug-likeness (QED) is 0.173.